The van der Waals surface area contributed by atoms with Crippen LogP contribution in [0.3, 0.4) is 0 Å². The highest BCUT2D eigenvalue weighted by Crippen LogP contribution is 2.34. The fourth-order valence-electron chi connectivity index (χ4n) is 2.25. The first-order valence-electron chi connectivity index (χ1n) is 6.21. The Balaban J connectivity index is 2.14. The monoisotopic (exact) mass is 235 g/mol. The lowest BCUT2D eigenvalue weighted by Gasteiger charge is -2.21. The first kappa shape index (κ1) is 12.0. The van der Waals surface area contributed by atoms with Crippen molar-refractivity contribution in [2.24, 2.45) is 0 Å². The van der Waals surface area contributed by atoms with E-state index in [9.17, 15) is 0 Å². The fraction of sp³-hybridized carbons (Fsp3) is 0.571. The van der Waals surface area contributed by atoms with Crippen LogP contribution in [0.1, 0.15) is 37.8 Å². The Labute approximate surface area is 103 Å². The number of nitrogens with one attached hydrogen (secondary N) is 1. The Kier molecular flexibility index (Phi) is 3.93. The van der Waals surface area contributed by atoms with Gasteiger partial charge in [0, 0.05) is 16.7 Å². The summed E-state index contributed by atoms with van der Waals surface area (Å²) < 4.78 is 0. The second-order valence-electron chi connectivity index (χ2n) is 4.60. The van der Waals surface area contributed by atoms with E-state index in [2.05, 4.69) is 44.3 Å². The molecular formula is C14H21NS. The Bertz CT molecular complexity index is 362. The summed E-state index contributed by atoms with van der Waals surface area (Å²) in [5.41, 5.74) is 3.01. The molecule has 1 N–H and O–H groups in total. The predicted octanol–water partition coefficient (Wildman–Crippen LogP) is 3.44. The Morgan fingerprint density at radius 1 is 1.38 bits per heavy atom. The van der Waals surface area contributed by atoms with Gasteiger partial charge in [-0.15, -0.1) is 11.8 Å². The number of hydrogen-bond donors (Lipinski definition) is 1. The summed E-state index contributed by atoms with van der Waals surface area (Å²) in [5.74, 6) is 1.85. The summed E-state index contributed by atoms with van der Waals surface area (Å²) in [6, 6.07) is 7.57. The minimum atomic E-state index is 0.550. The highest BCUT2D eigenvalue weighted by Gasteiger charge is 2.17. The van der Waals surface area contributed by atoms with Crippen LogP contribution in [0.4, 0.5) is 0 Å². The molecule has 88 valence electrons. The SMILES string of the molecule is CCNC(C)C(C)c1ccc2c(c1)SCC2. The second kappa shape index (κ2) is 5.24. The normalized spacial score (nSPS) is 18.2. The van der Waals surface area contributed by atoms with Gasteiger partial charge in [0.2, 0.25) is 0 Å². The molecule has 0 aromatic heterocycles. The molecule has 1 heterocycles. The van der Waals surface area contributed by atoms with E-state index in [4.69, 9.17) is 0 Å². The van der Waals surface area contributed by atoms with Gasteiger partial charge in [-0.05, 0) is 43.0 Å². The van der Waals surface area contributed by atoms with Crippen molar-refractivity contribution in [1.82, 2.24) is 5.32 Å². The molecule has 0 radical (unpaired) electrons. The summed E-state index contributed by atoms with van der Waals surface area (Å²) in [6.07, 6.45) is 1.25. The van der Waals surface area contributed by atoms with Crippen molar-refractivity contribution < 1.29 is 0 Å². The fourth-order valence-corrected chi connectivity index (χ4v) is 3.37. The molecule has 1 aliphatic rings. The largest absolute Gasteiger partial charge is 0.314 e. The van der Waals surface area contributed by atoms with Crippen LogP contribution in [0.5, 0.6) is 0 Å². The average Bonchev–Trinajstić information content (AvgIpc) is 2.75. The number of rotatable bonds is 4. The van der Waals surface area contributed by atoms with Crippen molar-refractivity contribution >= 4 is 11.8 Å². The summed E-state index contributed by atoms with van der Waals surface area (Å²) in [6.45, 7) is 7.80. The minimum absolute atomic E-state index is 0.550. The summed E-state index contributed by atoms with van der Waals surface area (Å²) in [4.78, 5) is 1.51. The molecule has 1 nitrogen and oxygen atoms in total. The Morgan fingerprint density at radius 2 is 2.19 bits per heavy atom. The molecule has 0 spiro atoms. The van der Waals surface area contributed by atoms with Gasteiger partial charge in [-0.1, -0.05) is 26.0 Å². The van der Waals surface area contributed by atoms with Crippen molar-refractivity contribution in [1.29, 1.82) is 0 Å². The standard InChI is InChI=1S/C14H21NS/c1-4-15-11(3)10(2)13-6-5-12-7-8-16-14(12)9-13/h5-6,9-11,15H,4,7-8H2,1-3H3. The van der Waals surface area contributed by atoms with Gasteiger partial charge >= 0.3 is 0 Å². The lowest BCUT2D eigenvalue weighted by atomic mass is 9.93. The summed E-state index contributed by atoms with van der Waals surface area (Å²) in [5, 5.41) is 3.50. The number of likely N-dealkylation sites (N-methyl/N-ethyl adjacent to an activating group) is 1. The molecule has 1 aromatic carbocycles. The molecule has 0 bridgehead atoms. The van der Waals surface area contributed by atoms with Crippen molar-refractivity contribution in [3.8, 4) is 0 Å². The summed E-state index contributed by atoms with van der Waals surface area (Å²) in [7, 11) is 0. The predicted molar refractivity (Wildman–Crippen MR) is 72.4 cm³/mol. The molecule has 0 aliphatic carbocycles. The molecule has 1 aromatic rings. The topological polar surface area (TPSA) is 12.0 Å². The van der Waals surface area contributed by atoms with Gasteiger partial charge in [0.15, 0.2) is 0 Å². The Morgan fingerprint density at radius 3 is 2.94 bits per heavy atom. The van der Waals surface area contributed by atoms with Crippen molar-refractivity contribution in [2.75, 3.05) is 12.3 Å². The van der Waals surface area contributed by atoms with E-state index in [0.29, 0.717) is 12.0 Å². The van der Waals surface area contributed by atoms with Crippen LogP contribution in [-0.2, 0) is 6.42 Å². The lowest BCUT2D eigenvalue weighted by molar-refractivity contribution is 0.494. The maximum atomic E-state index is 3.50. The average molecular weight is 235 g/mol. The lowest BCUT2D eigenvalue weighted by Crippen LogP contribution is -2.30. The van der Waals surface area contributed by atoms with Crippen molar-refractivity contribution in [2.45, 2.75) is 44.0 Å². The van der Waals surface area contributed by atoms with Gasteiger partial charge in [-0.25, -0.2) is 0 Å². The zero-order valence-electron chi connectivity index (χ0n) is 10.4. The van der Waals surface area contributed by atoms with Gasteiger partial charge in [-0.2, -0.15) is 0 Å². The highest BCUT2D eigenvalue weighted by atomic mass is 32.2. The maximum absolute atomic E-state index is 3.50. The summed E-state index contributed by atoms with van der Waals surface area (Å²) >= 11 is 2.00. The van der Waals surface area contributed by atoms with Gasteiger partial charge in [0.1, 0.15) is 0 Å². The number of hydrogen-bond acceptors (Lipinski definition) is 2. The molecule has 0 amide bonds. The molecule has 1 aliphatic heterocycles. The van der Waals surface area contributed by atoms with E-state index in [0.717, 1.165) is 6.54 Å². The van der Waals surface area contributed by atoms with Crippen molar-refractivity contribution in [3.63, 3.8) is 0 Å². The van der Waals surface area contributed by atoms with Crippen LogP contribution in [0.25, 0.3) is 0 Å². The van der Waals surface area contributed by atoms with Gasteiger partial charge in [0.25, 0.3) is 0 Å². The van der Waals surface area contributed by atoms with Crippen LogP contribution < -0.4 is 5.32 Å². The van der Waals surface area contributed by atoms with Crippen LogP contribution in [0, 0.1) is 0 Å². The first-order chi connectivity index (χ1) is 7.72. The Hall–Kier alpha value is -0.470. The smallest absolute Gasteiger partial charge is 0.0107 e. The van der Waals surface area contributed by atoms with E-state index in [1.165, 1.54) is 28.2 Å². The number of thioether (sulfide) groups is 1. The zero-order valence-corrected chi connectivity index (χ0v) is 11.2. The van der Waals surface area contributed by atoms with Crippen LogP contribution in [0.15, 0.2) is 23.1 Å². The van der Waals surface area contributed by atoms with Crippen LogP contribution >= 0.6 is 11.8 Å². The molecule has 0 saturated carbocycles. The van der Waals surface area contributed by atoms with Crippen LogP contribution in [-0.4, -0.2) is 18.3 Å². The number of fused-ring (bicyclic) bond motifs is 1. The van der Waals surface area contributed by atoms with E-state index in [-0.39, 0.29) is 0 Å². The van der Waals surface area contributed by atoms with Gasteiger partial charge < -0.3 is 5.32 Å². The molecule has 2 unspecified atom stereocenters. The number of benzene rings is 1. The van der Waals surface area contributed by atoms with Gasteiger partial charge in [0.05, 0.1) is 0 Å². The third-order valence-electron chi connectivity index (χ3n) is 3.52. The molecule has 0 saturated heterocycles. The minimum Gasteiger partial charge on any atom is -0.314 e. The molecule has 16 heavy (non-hydrogen) atoms. The van der Waals surface area contributed by atoms with E-state index >= 15 is 0 Å². The molecule has 0 fully saturated rings. The van der Waals surface area contributed by atoms with E-state index in [1.807, 2.05) is 11.8 Å². The molecule has 2 heteroatoms. The first-order valence-corrected chi connectivity index (χ1v) is 7.20. The van der Waals surface area contributed by atoms with Crippen molar-refractivity contribution in [3.05, 3.63) is 29.3 Å². The molecule has 2 rings (SSSR count). The highest BCUT2D eigenvalue weighted by molar-refractivity contribution is 7.99. The second-order valence-corrected chi connectivity index (χ2v) is 5.74. The number of aryl methyl sites for hydroxylation is 1. The maximum Gasteiger partial charge on any atom is 0.0107 e. The van der Waals surface area contributed by atoms with E-state index < -0.39 is 0 Å². The third kappa shape index (κ3) is 2.44. The van der Waals surface area contributed by atoms with Crippen LogP contribution in [0.2, 0.25) is 0 Å². The quantitative estimate of drug-likeness (QED) is 0.858. The zero-order chi connectivity index (χ0) is 11.5. The van der Waals surface area contributed by atoms with Gasteiger partial charge in [-0.3, -0.25) is 0 Å². The molecular weight excluding hydrogens is 214 g/mol. The third-order valence-corrected chi connectivity index (χ3v) is 4.62. The van der Waals surface area contributed by atoms with E-state index in [1.54, 1.807) is 0 Å². The molecule has 2 atom stereocenters.